The van der Waals surface area contributed by atoms with E-state index in [4.69, 9.17) is 18.9 Å². The maximum Gasteiger partial charge on any atom is 0.258 e. The van der Waals surface area contributed by atoms with Crippen LogP contribution in [0.2, 0.25) is 0 Å². The molecule has 3 aromatic carbocycles. The quantitative estimate of drug-likeness (QED) is 0.287. The lowest BCUT2D eigenvalue weighted by molar-refractivity contribution is -0.00813. The third kappa shape index (κ3) is 6.24. The van der Waals surface area contributed by atoms with E-state index in [0.717, 1.165) is 11.8 Å². The molecule has 38 heavy (non-hydrogen) atoms. The van der Waals surface area contributed by atoms with Crippen molar-refractivity contribution in [3.8, 4) is 22.6 Å². The zero-order valence-electron chi connectivity index (χ0n) is 21.3. The molecule has 11 heteroatoms. The fourth-order valence-corrected chi connectivity index (χ4v) is 4.75. The van der Waals surface area contributed by atoms with Crippen molar-refractivity contribution < 1.29 is 36.6 Å². The summed E-state index contributed by atoms with van der Waals surface area (Å²) in [6.07, 6.45) is 1.56. The summed E-state index contributed by atoms with van der Waals surface area (Å²) >= 11 is 0. The Bertz CT molecular complexity index is 1430. The summed E-state index contributed by atoms with van der Waals surface area (Å²) < 4.78 is 62.1. The van der Waals surface area contributed by atoms with Gasteiger partial charge in [-0.3, -0.25) is 9.52 Å². The van der Waals surface area contributed by atoms with E-state index in [0.29, 0.717) is 48.6 Å². The van der Waals surface area contributed by atoms with Crippen LogP contribution in [0.4, 0.5) is 15.8 Å². The predicted molar refractivity (Wildman–Crippen MR) is 142 cm³/mol. The van der Waals surface area contributed by atoms with Crippen LogP contribution in [-0.4, -0.2) is 61.4 Å². The van der Waals surface area contributed by atoms with Crippen molar-refractivity contribution >= 4 is 27.3 Å². The lowest BCUT2D eigenvalue weighted by Crippen LogP contribution is -2.37. The van der Waals surface area contributed by atoms with Crippen molar-refractivity contribution in [3.63, 3.8) is 0 Å². The Morgan fingerprint density at radius 2 is 1.82 bits per heavy atom. The van der Waals surface area contributed by atoms with Crippen LogP contribution in [0.5, 0.6) is 11.5 Å². The molecule has 0 bridgehead atoms. The number of fused-ring (bicyclic) bond motifs is 1. The second-order valence-electron chi connectivity index (χ2n) is 8.62. The third-order valence-corrected chi connectivity index (χ3v) is 6.57. The maximum absolute atomic E-state index is 14.8. The molecule has 4 rings (SSSR count). The SMILES string of the molecule is COCCOCOc1ccc(N2CCc3cc(-c4cccc(OC)c4F)ccc3C2=O)cc1NS(C)(=O)=O. The first kappa shape index (κ1) is 27.4. The van der Waals surface area contributed by atoms with Gasteiger partial charge in [0.15, 0.2) is 18.4 Å². The first-order valence-corrected chi connectivity index (χ1v) is 13.7. The number of ether oxygens (including phenoxy) is 4. The molecule has 202 valence electrons. The highest BCUT2D eigenvalue weighted by Gasteiger charge is 2.27. The molecule has 0 spiro atoms. The molecule has 9 nitrogen and oxygen atoms in total. The lowest BCUT2D eigenvalue weighted by Gasteiger charge is -2.29. The molecule has 1 N–H and O–H groups in total. The number of methoxy groups -OCH3 is 2. The highest BCUT2D eigenvalue weighted by molar-refractivity contribution is 7.92. The van der Waals surface area contributed by atoms with Crippen molar-refractivity contribution in [3.05, 3.63) is 71.5 Å². The van der Waals surface area contributed by atoms with Gasteiger partial charge in [0.05, 0.1) is 32.3 Å². The topological polar surface area (TPSA) is 103 Å². The zero-order chi connectivity index (χ0) is 27.3. The second kappa shape index (κ2) is 11.8. The zero-order valence-corrected chi connectivity index (χ0v) is 22.1. The average Bonchev–Trinajstić information content (AvgIpc) is 2.88. The van der Waals surface area contributed by atoms with E-state index in [1.54, 1.807) is 60.5 Å². The number of hydrogen-bond acceptors (Lipinski definition) is 7. The standard InChI is InChI=1S/C27H29FN2O7S/c1-34-13-14-36-17-37-24-10-8-20(16-23(24)29-38(3,32)33)30-12-11-19-15-18(7-9-22(19)27(30)31)21-5-4-6-25(35-2)26(21)28/h4-10,15-16,29H,11-14,17H2,1-3H3. The molecule has 0 aromatic heterocycles. The first-order chi connectivity index (χ1) is 18.2. The van der Waals surface area contributed by atoms with Crippen LogP contribution in [0.3, 0.4) is 0 Å². The molecule has 1 amide bonds. The lowest BCUT2D eigenvalue weighted by atomic mass is 9.93. The molecule has 0 aliphatic carbocycles. The van der Waals surface area contributed by atoms with Gasteiger partial charge in [-0.25, -0.2) is 12.8 Å². The molecule has 0 saturated carbocycles. The number of nitrogens with one attached hydrogen (secondary N) is 1. The smallest absolute Gasteiger partial charge is 0.258 e. The van der Waals surface area contributed by atoms with E-state index < -0.39 is 15.8 Å². The van der Waals surface area contributed by atoms with E-state index in [2.05, 4.69) is 4.72 Å². The molecule has 1 heterocycles. The number of rotatable bonds is 11. The molecular formula is C27H29FN2O7S. The van der Waals surface area contributed by atoms with Gasteiger partial charge in [0.25, 0.3) is 5.91 Å². The van der Waals surface area contributed by atoms with Crippen molar-refractivity contribution in [2.45, 2.75) is 6.42 Å². The number of benzene rings is 3. The van der Waals surface area contributed by atoms with Gasteiger partial charge in [-0.15, -0.1) is 0 Å². The Morgan fingerprint density at radius 1 is 1.00 bits per heavy atom. The maximum atomic E-state index is 14.8. The predicted octanol–water partition coefficient (Wildman–Crippen LogP) is 4.08. The van der Waals surface area contributed by atoms with Crippen LogP contribution in [0.15, 0.2) is 54.6 Å². The van der Waals surface area contributed by atoms with Crippen LogP contribution in [0, 0.1) is 5.82 Å². The monoisotopic (exact) mass is 544 g/mol. The molecule has 0 fully saturated rings. The highest BCUT2D eigenvalue weighted by atomic mass is 32.2. The number of carbonyl (C=O) groups is 1. The number of halogens is 1. The van der Waals surface area contributed by atoms with E-state index in [9.17, 15) is 17.6 Å². The number of sulfonamides is 1. The average molecular weight is 545 g/mol. The molecule has 0 radical (unpaired) electrons. The summed E-state index contributed by atoms with van der Waals surface area (Å²) in [4.78, 5) is 15.0. The fourth-order valence-electron chi connectivity index (χ4n) is 4.19. The van der Waals surface area contributed by atoms with Crippen molar-refractivity contribution in [2.24, 2.45) is 0 Å². The van der Waals surface area contributed by atoms with Crippen LogP contribution in [-0.2, 0) is 25.9 Å². The number of anilines is 2. The van der Waals surface area contributed by atoms with E-state index in [1.807, 2.05) is 6.07 Å². The van der Waals surface area contributed by atoms with E-state index in [1.165, 1.54) is 7.11 Å². The molecular weight excluding hydrogens is 515 g/mol. The Morgan fingerprint density at radius 3 is 2.55 bits per heavy atom. The number of hydrogen-bond donors (Lipinski definition) is 1. The minimum atomic E-state index is -3.62. The Kier molecular flexibility index (Phi) is 8.50. The van der Waals surface area contributed by atoms with Crippen LogP contribution >= 0.6 is 0 Å². The third-order valence-electron chi connectivity index (χ3n) is 5.98. The highest BCUT2D eigenvalue weighted by Crippen LogP contribution is 2.35. The Balaban J connectivity index is 1.58. The molecule has 1 aliphatic heterocycles. The van der Waals surface area contributed by atoms with Gasteiger partial charge in [-0.1, -0.05) is 24.3 Å². The van der Waals surface area contributed by atoms with Crippen LogP contribution in [0.1, 0.15) is 15.9 Å². The molecule has 1 aliphatic rings. The van der Waals surface area contributed by atoms with Crippen molar-refractivity contribution in [2.75, 3.05) is 56.6 Å². The number of carbonyl (C=O) groups excluding carboxylic acids is 1. The molecule has 3 aromatic rings. The van der Waals surface area contributed by atoms with Gasteiger partial charge >= 0.3 is 0 Å². The summed E-state index contributed by atoms with van der Waals surface area (Å²) in [6, 6.07) is 15.0. The van der Waals surface area contributed by atoms with Gasteiger partial charge in [-0.05, 0) is 47.9 Å². The Hall–Kier alpha value is -3.67. The van der Waals surface area contributed by atoms with Gasteiger partial charge in [0.2, 0.25) is 10.0 Å². The molecule has 0 unspecified atom stereocenters. The van der Waals surface area contributed by atoms with Crippen molar-refractivity contribution in [1.82, 2.24) is 0 Å². The Labute approximate surface area is 221 Å². The van der Waals surface area contributed by atoms with Gasteiger partial charge in [-0.2, -0.15) is 0 Å². The van der Waals surface area contributed by atoms with E-state index in [-0.39, 0.29) is 29.9 Å². The largest absolute Gasteiger partial charge is 0.494 e. The normalized spacial score (nSPS) is 13.3. The number of nitrogens with zero attached hydrogens (tertiary/aromatic N) is 1. The van der Waals surface area contributed by atoms with Crippen molar-refractivity contribution in [1.29, 1.82) is 0 Å². The van der Waals surface area contributed by atoms with Gasteiger partial charge < -0.3 is 23.8 Å². The molecule has 0 atom stereocenters. The summed E-state index contributed by atoms with van der Waals surface area (Å²) in [5.74, 6) is -0.303. The number of amides is 1. The van der Waals surface area contributed by atoms with Crippen LogP contribution in [0.25, 0.3) is 11.1 Å². The first-order valence-electron chi connectivity index (χ1n) is 11.8. The minimum absolute atomic E-state index is 0.104. The summed E-state index contributed by atoms with van der Waals surface area (Å²) in [7, 11) is -0.658. The summed E-state index contributed by atoms with van der Waals surface area (Å²) in [5.41, 5.74) is 3.02. The van der Waals surface area contributed by atoms with E-state index >= 15 is 0 Å². The fraction of sp³-hybridized carbons (Fsp3) is 0.296. The second-order valence-corrected chi connectivity index (χ2v) is 10.4. The van der Waals surface area contributed by atoms with Crippen LogP contribution < -0.4 is 19.1 Å². The van der Waals surface area contributed by atoms with Gasteiger partial charge in [0, 0.05) is 30.5 Å². The minimum Gasteiger partial charge on any atom is -0.494 e. The summed E-state index contributed by atoms with van der Waals surface area (Å²) in [5, 5.41) is 0. The molecule has 0 saturated heterocycles. The van der Waals surface area contributed by atoms with Gasteiger partial charge in [0.1, 0.15) is 5.75 Å². The summed E-state index contributed by atoms with van der Waals surface area (Å²) in [6.45, 7) is 0.963.